The highest BCUT2D eigenvalue weighted by Crippen LogP contribution is 2.28. The van der Waals surface area contributed by atoms with Gasteiger partial charge in [0, 0.05) is 18.4 Å². The first-order valence-electron chi connectivity index (χ1n) is 5.30. The molecule has 7 heteroatoms. The average molecular weight is 286 g/mol. The summed E-state index contributed by atoms with van der Waals surface area (Å²) in [6, 6.07) is 4.82. The molecular weight excluding hydrogens is 272 g/mol. The van der Waals surface area contributed by atoms with Crippen LogP contribution < -0.4 is 5.73 Å². The second-order valence-electron chi connectivity index (χ2n) is 3.25. The molecular formula is C11H14N2O3S2. The van der Waals surface area contributed by atoms with E-state index in [1.165, 1.54) is 21.6 Å². The Bertz CT molecular complexity index is 376. The molecule has 0 saturated heterocycles. The maximum absolute atomic E-state index is 11.2. The van der Waals surface area contributed by atoms with Gasteiger partial charge < -0.3 is 15.3 Å². The third kappa shape index (κ3) is 6.04. The number of ether oxygens (including phenoxy) is 1. The topological polar surface area (TPSA) is 82.3 Å². The molecule has 0 saturated carbocycles. The number of rotatable bonds is 8. The number of carbonyl (C=O) groups is 2. The molecule has 1 rings (SSSR count). The molecule has 0 fully saturated rings. The van der Waals surface area contributed by atoms with Gasteiger partial charge in [0.05, 0.1) is 0 Å². The lowest BCUT2D eigenvalue weighted by Crippen LogP contribution is -2.33. The summed E-state index contributed by atoms with van der Waals surface area (Å²) in [6.45, 7) is 0.274. The van der Waals surface area contributed by atoms with Crippen molar-refractivity contribution in [1.29, 1.82) is 0 Å². The number of esters is 1. The smallest absolute Gasteiger partial charge is 0.323 e. The minimum absolute atomic E-state index is 0.00530. The molecule has 1 atom stereocenters. The maximum atomic E-state index is 11.2. The number of aromatic nitrogens is 1. The van der Waals surface area contributed by atoms with Crippen molar-refractivity contribution in [2.45, 2.75) is 17.5 Å². The molecule has 0 amide bonds. The van der Waals surface area contributed by atoms with Crippen molar-refractivity contribution in [3.05, 3.63) is 24.4 Å². The Morgan fingerprint density at radius 3 is 3.06 bits per heavy atom. The highest BCUT2D eigenvalue weighted by molar-refractivity contribution is 8.76. The van der Waals surface area contributed by atoms with Crippen LogP contribution in [0.25, 0.3) is 0 Å². The zero-order valence-corrected chi connectivity index (χ0v) is 11.3. The second kappa shape index (κ2) is 8.96. The molecule has 0 radical (unpaired) electrons. The first kappa shape index (κ1) is 15.0. The van der Waals surface area contributed by atoms with Crippen LogP contribution in [-0.2, 0) is 14.3 Å². The molecule has 0 spiro atoms. The van der Waals surface area contributed by atoms with Crippen molar-refractivity contribution >= 4 is 33.8 Å². The summed E-state index contributed by atoms with van der Waals surface area (Å²) in [5.74, 6) is 0.103. The predicted molar refractivity (Wildman–Crippen MR) is 72.2 cm³/mol. The summed E-state index contributed by atoms with van der Waals surface area (Å²) in [6.07, 6.45) is 2.33. The third-order valence-electron chi connectivity index (χ3n) is 1.85. The molecule has 0 bridgehead atoms. The molecule has 0 aromatic carbocycles. The minimum atomic E-state index is -0.851. The SMILES string of the molecule is NC(CC=O)C(=O)OCCSSc1ccccn1. The lowest BCUT2D eigenvalue weighted by Gasteiger charge is -2.08. The van der Waals surface area contributed by atoms with E-state index in [0.717, 1.165) is 5.03 Å². The Morgan fingerprint density at radius 1 is 1.56 bits per heavy atom. The van der Waals surface area contributed by atoms with Crippen molar-refractivity contribution in [3.8, 4) is 0 Å². The van der Waals surface area contributed by atoms with Crippen molar-refractivity contribution in [3.63, 3.8) is 0 Å². The van der Waals surface area contributed by atoms with Crippen LogP contribution in [0.15, 0.2) is 29.4 Å². The zero-order valence-electron chi connectivity index (χ0n) is 9.65. The first-order valence-corrected chi connectivity index (χ1v) is 7.62. The summed E-state index contributed by atoms with van der Waals surface area (Å²) in [5, 5.41) is 0.909. The fourth-order valence-corrected chi connectivity index (χ4v) is 2.69. The predicted octanol–water partition coefficient (Wildman–Crippen LogP) is 1.28. The number of pyridine rings is 1. The monoisotopic (exact) mass is 286 g/mol. The van der Waals surface area contributed by atoms with Gasteiger partial charge in [0.25, 0.3) is 0 Å². The third-order valence-corrected chi connectivity index (χ3v) is 4.08. The average Bonchev–Trinajstić information content (AvgIpc) is 2.39. The van der Waals surface area contributed by atoms with Crippen LogP contribution >= 0.6 is 21.6 Å². The second-order valence-corrected chi connectivity index (χ2v) is 5.69. The number of nitrogens with two attached hydrogens (primary N) is 1. The van der Waals surface area contributed by atoms with Gasteiger partial charge in [-0.05, 0) is 22.9 Å². The molecule has 5 nitrogen and oxygen atoms in total. The van der Waals surface area contributed by atoms with E-state index in [-0.39, 0.29) is 13.0 Å². The van der Waals surface area contributed by atoms with Crippen molar-refractivity contribution in [1.82, 2.24) is 4.98 Å². The molecule has 0 aliphatic heterocycles. The Balaban J connectivity index is 2.08. The molecule has 1 unspecified atom stereocenters. The molecule has 98 valence electrons. The fraction of sp³-hybridized carbons (Fsp3) is 0.364. The quantitative estimate of drug-likeness (QED) is 0.333. The summed E-state index contributed by atoms with van der Waals surface area (Å²) >= 11 is 0. The Hall–Kier alpha value is -1.05. The van der Waals surface area contributed by atoms with Crippen LogP contribution in [0.4, 0.5) is 0 Å². The van der Waals surface area contributed by atoms with Gasteiger partial charge in [0.2, 0.25) is 0 Å². The highest BCUT2D eigenvalue weighted by atomic mass is 33.1. The van der Waals surface area contributed by atoms with Crippen LogP contribution in [0.1, 0.15) is 6.42 Å². The van der Waals surface area contributed by atoms with Gasteiger partial charge >= 0.3 is 5.97 Å². The van der Waals surface area contributed by atoms with Crippen molar-refractivity contribution < 1.29 is 14.3 Å². The lowest BCUT2D eigenvalue weighted by atomic mass is 10.2. The highest BCUT2D eigenvalue weighted by Gasteiger charge is 2.13. The summed E-state index contributed by atoms with van der Waals surface area (Å²) in [7, 11) is 3.06. The van der Waals surface area contributed by atoms with E-state index in [9.17, 15) is 9.59 Å². The normalized spacial score (nSPS) is 11.8. The summed E-state index contributed by atoms with van der Waals surface area (Å²) in [5.41, 5.74) is 5.41. The molecule has 2 N–H and O–H groups in total. The van der Waals surface area contributed by atoms with E-state index < -0.39 is 12.0 Å². The number of nitrogens with zero attached hydrogens (tertiary/aromatic N) is 1. The number of hydrogen-bond acceptors (Lipinski definition) is 7. The van der Waals surface area contributed by atoms with Gasteiger partial charge in [-0.15, -0.1) is 0 Å². The maximum Gasteiger partial charge on any atom is 0.323 e. The molecule has 1 heterocycles. The number of hydrogen-bond donors (Lipinski definition) is 1. The van der Waals surface area contributed by atoms with Gasteiger partial charge in [-0.3, -0.25) is 4.79 Å². The number of carbonyl (C=O) groups excluding carboxylic acids is 2. The van der Waals surface area contributed by atoms with E-state index in [1.54, 1.807) is 6.20 Å². The van der Waals surface area contributed by atoms with Crippen LogP contribution in [-0.4, -0.2) is 35.6 Å². The molecule has 1 aromatic rings. The Labute approximate surface area is 113 Å². The van der Waals surface area contributed by atoms with Gasteiger partial charge in [0.15, 0.2) is 0 Å². The largest absolute Gasteiger partial charge is 0.464 e. The van der Waals surface area contributed by atoms with E-state index in [1.807, 2.05) is 18.2 Å². The molecule has 0 aliphatic rings. The molecule has 18 heavy (non-hydrogen) atoms. The first-order chi connectivity index (χ1) is 8.74. The Morgan fingerprint density at radius 2 is 2.39 bits per heavy atom. The Kier molecular flexibility index (Phi) is 7.47. The van der Waals surface area contributed by atoms with Crippen LogP contribution in [0.3, 0.4) is 0 Å². The van der Waals surface area contributed by atoms with Gasteiger partial charge in [-0.25, -0.2) is 4.98 Å². The lowest BCUT2D eigenvalue weighted by molar-refractivity contribution is -0.145. The summed E-state index contributed by atoms with van der Waals surface area (Å²) in [4.78, 5) is 25.5. The van der Waals surface area contributed by atoms with Gasteiger partial charge in [-0.2, -0.15) is 0 Å². The van der Waals surface area contributed by atoms with E-state index in [4.69, 9.17) is 10.5 Å². The van der Waals surface area contributed by atoms with Crippen LogP contribution in [0, 0.1) is 0 Å². The van der Waals surface area contributed by atoms with Gasteiger partial charge in [-0.1, -0.05) is 16.9 Å². The van der Waals surface area contributed by atoms with Crippen LogP contribution in [0.2, 0.25) is 0 Å². The van der Waals surface area contributed by atoms with Crippen LogP contribution in [0.5, 0.6) is 0 Å². The van der Waals surface area contributed by atoms with E-state index in [0.29, 0.717) is 12.0 Å². The molecule has 0 aliphatic carbocycles. The zero-order chi connectivity index (χ0) is 13.2. The van der Waals surface area contributed by atoms with Gasteiger partial charge in [0.1, 0.15) is 24.0 Å². The van der Waals surface area contributed by atoms with E-state index >= 15 is 0 Å². The summed E-state index contributed by atoms with van der Waals surface area (Å²) < 4.78 is 4.92. The van der Waals surface area contributed by atoms with Crippen molar-refractivity contribution in [2.75, 3.05) is 12.4 Å². The number of aldehydes is 1. The molecule has 1 aromatic heterocycles. The fourth-order valence-electron chi connectivity index (χ4n) is 0.982. The minimum Gasteiger partial charge on any atom is -0.464 e. The van der Waals surface area contributed by atoms with Crippen molar-refractivity contribution in [2.24, 2.45) is 5.73 Å². The van der Waals surface area contributed by atoms with E-state index in [2.05, 4.69) is 4.98 Å². The standard InChI is InChI=1S/C11H14N2O3S2/c12-9(4-6-14)11(15)16-7-8-17-18-10-3-1-2-5-13-10/h1-3,5-6,9H,4,7-8,12H2.